The average molecular weight is 122 g/mol. The first-order valence-electron chi connectivity index (χ1n) is 1.06. The van der Waals surface area contributed by atoms with Crippen LogP contribution in [0.4, 0.5) is 0 Å². The van der Waals surface area contributed by atoms with Crippen molar-refractivity contribution in [1.29, 1.82) is 0 Å². The van der Waals surface area contributed by atoms with Gasteiger partial charge in [0, 0.05) is 0 Å². The summed E-state index contributed by atoms with van der Waals surface area (Å²) in [4.78, 5) is 0. The Kier molecular flexibility index (Phi) is 49.3. The zero-order valence-corrected chi connectivity index (χ0v) is 10.5. The Morgan fingerprint density at radius 3 is 1.40 bits per heavy atom. The van der Waals surface area contributed by atoms with Crippen molar-refractivity contribution in [2.45, 2.75) is 6.92 Å². The molecular weight excluding hydrogens is 116 g/mol. The molecule has 5 heavy (non-hydrogen) atoms. The van der Waals surface area contributed by atoms with E-state index in [1.54, 1.807) is 6.92 Å². The summed E-state index contributed by atoms with van der Waals surface area (Å²) in [5.74, 6) is 0. The third kappa shape index (κ3) is 19.0. The minimum atomic E-state index is 0. The molecule has 0 bridgehead atoms. The van der Waals surface area contributed by atoms with E-state index in [1.807, 2.05) is 0 Å². The van der Waals surface area contributed by atoms with Crippen molar-refractivity contribution in [2.75, 3.05) is 6.54 Å². The van der Waals surface area contributed by atoms with Crippen molar-refractivity contribution in [1.82, 2.24) is 0 Å². The van der Waals surface area contributed by atoms with Gasteiger partial charge in [-0.3, -0.25) is 0 Å². The van der Waals surface area contributed by atoms with Crippen molar-refractivity contribution in [3.8, 4) is 0 Å². The smallest absolute Gasteiger partial charge is 0.678 e. The van der Waals surface area contributed by atoms with Crippen LogP contribution in [0.15, 0.2) is 0 Å². The Bertz CT molecular complexity index is 7.61. The topological polar surface area (TPSA) is 23.8 Å². The second-order valence-corrected chi connectivity index (χ2v) is 0.354. The molecule has 0 aromatic carbocycles. The largest absolute Gasteiger partial charge is 1.00 e. The maximum Gasteiger partial charge on any atom is 1.00 e. The molecule has 0 aliphatic carbocycles. The fourth-order valence-corrected chi connectivity index (χ4v) is 0. The second-order valence-electron chi connectivity index (χ2n) is 0.354. The van der Waals surface area contributed by atoms with E-state index >= 15 is 0 Å². The molecular formula is C2H6K2N+. The Morgan fingerprint density at radius 2 is 1.40 bits per heavy atom. The molecule has 1 N–H and O–H groups in total. The van der Waals surface area contributed by atoms with Gasteiger partial charge in [0.1, 0.15) is 0 Å². The molecule has 0 fully saturated rings. The Morgan fingerprint density at radius 1 is 1.40 bits per heavy atom. The third-order valence-electron chi connectivity index (χ3n) is 0. The van der Waals surface area contributed by atoms with Crippen LogP contribution in [-0.4, -0.2) is 6.54 Å². The van der Waals surface area contributed by atoms with Gasteiger partial charge < -0.3 is 5.73 Å². The molecule has 0 aromatic heterocycles. The van der Waals surface area contributed by atoms with Crippen molar-refractivity contribution in [2.24, 2.45) is 0 Å². The Balaban J connectivity index is -0.0000000200. The molecule has 0 unspecified atom stereocenters. The van der Waals surface area contributed by atoms with E-state index in [0.717, 1.165) is 0 Å². The van der Waals surface area contributed by atoms with Crippen LogP contribution in [0.3, 0.4) is 0 Å². The second kappa shape index (κ2) is 15.7. The van der Waals surface area contributed by atoms with Crippen molar-refractivity contribution in [3.05, 3.63) is 5.73 Å². The normalized spacial score (nSPS) is 3.60. The van der Waals surface area contributed by atoms with Gasteiger partial charge in [-0.15, -0.1) is 0 Å². The molecule has 3 heteroatoms. The summed E-state index contributed by atoms with van der Waals surface area (Å²) in [6, 6.07) is 0. The molecule has 0 atom stereocenters. The van der Waals surface area contributed by atoms with Crippen LogP contribution in [0.1, 0.15) is 6.92 Å². The van der Waals surface area contributed by atoms with Crippen LogP contribution in [0.25, 0.3) is 5.73 Å². The molecule has 0 aromatic rings. The number of hydrogen-bond donors (Lipinski definition) is 0. The number of hydrogen-bond acceptors (Lipinski definition) is 0. The summed E-state index contributed by atoms with van der Waals surface area (Å²) in [7, 11) is 0. The van der Waals surface area contributed by atoms with E-state index in [0.29, 0.717) is 6.54 Å². The molecule has 0 saturated carbocycles. The summed E-state index contributed by atoms with van der Waals surface area (Å²) in [5.41, 5.74) is 6.21. The van der Waals surface area contributed by atoms with Crippen molar-refractivity contribution in [3.63, 3.8) is 0 Å². The summed E-state index contributed by atoms with van der Waals surface area (Å²) in [6.07, 6.45) is 0. The predicted molar refractivity (Wildman–Crippen MR) is 14.9 cm³/mol. The van der Waals surface area contributed by atoms with Gasteiger partial charge in [-0.05, 0) is 0 Å². The van der Waals surface area contributed by atoms with Crippen molar-refractivity contribution < 1.29 is 103 Å². The SMILES string of the molecule is CC[NH-].[K+].[K+]. The van der Waals surface area contributed by atoms with Gasteiger partial charge in [-0.1, -0.05) is 6.92 Å². The van der Waals surface area contributed by atoms with Gasteiger partial charge in [-0.25, -0.2) is 0 Å². The van der Waals surface area contributed by atoms with Crippen LogP contribution in [0.5, 0.6) is 0 Å². The fourth-order valence-electron chi connectivity index (χ4n) is 0. The molecule has 1 nitrogen and oxygen atoms in total. The van der Waals surface area contributed by atoms with Crippen LogP contribution in [0, 0.1) is 0 Å². The maximum absolute atomic E-state index is 6.21. The molecule has 0 aliphatic heterocycles. The van der Waals surface area contributed by atoms with E-state index < -0.39 is 0 Å². The predicted octanol–water partition coefficient (Wildman–Crippen LogP) is -4.93. The molecule has 0 heterocycles. The van der Waals surface area contributed by atoms with Gasteiger partial charge in [0.2, 0.25) is 0 Å². The van der Waals surface area contributed by atoms with Crippen LogP contribution in [0.2, 0.25) is 0 Å². The molecule has 20 valence electrons. The van der Waals surface area contributed by atoms with E-state index in [4.69, 9.17) is 5.73 Å². The van der Waals surface area contributed by atoms with Gasteiger partial charge >= 0.3 is 103 Å². The Labute approximate surface area is 118 Å². The van der Waals surface area contributed by atoms with E-state index in [1.165, 1.54) is 0 Å². The van der Waals surface area contributed by atoms with Crippen molar-refractivity contribution >= 4 is 0 Å². The maximum atomic E-state index is 6.21. The quantitative estimate of drug-likeness (QED) is 0.288. The number of rotatable bonds is 0. The van der Waals surface area contributed by atoms with Gasteiger partial charge in [0.05, 0.1) is 0 Å². The zero-order valence-electron chi connectivity index (χ0n) is 4.21. The minimum absolute atomic E-state index is 0. The molecule has 0 spiro atoms. The molecule has 0 saturated heterocycles. The summed E-state index contributed by atoms with van der Waals surface area (Å²) in [5, 5.41) is 0. The zero-order chi connectivity index (χ0) is 2.71. The van der Waals surface area contributed by atoms with Crippen LogP contribution in [-0.2, 0) is 0 Å². The Hall–Kier alpha value is 3.23. The fraction of sp³-hybridized carbons (Fsp3) is 1.00. The van der Waals surface area contributed by atoms with E-state index in [2.05, 4.69) is 0 Å². The average Bonchev–Trinajstić information content (AvgIpc) is 0.918. The number of nitrogens with one attached hydrogen (secondary N) is 1. The summed E-state index contributed by atoms with van der Waals surface area (Å²) < 4.78 is 0. The van der Waals surface area contributed by atoms with Gasteiger partial charge in [0.15, 0.2) is 0 Å². The minimum Gasteiger partial charge on any atom is -0.678 e. The van der Waals surface area contributed by atoms with E-state index in [-0.39, 0.29) is 103 Å². The first-order valence-corrected chi connectivity index (χ1v) is 1.06. The molecule has 0 aliphatic rings. The van der Waals surface area contributed by atoms with E-state index in [9.17, 15) is 0 Å². The van der Waals surface area contributed by atoms with Gasteiger partial charge in [0.25, 0.3) is 0 Å². The van der Waals surface area contributed by atoms with Gasteiger partial charge in [-0.2, -0.15) is 6.54 Å². The first-order chi connectivity index (χ1) is 1.41. The summed E-state index contributed by atoms with van der Waals surface area (Å²) in [6.45, 7) is 2.29. The standard InChI is InChI=1S/C2H6N.2K/c1-2-3;;/h3H,2H2,1H3;;/q-1;2*+1. The first kappa shape index (κ1) is 15.7. The molecule has 0 amide bonds. The molecule has 0 rings (SSSR count). The van der Waals surface area contributed by atoms with Crippen LogP contribution >= 0.6 is 0 Å². The summed E-state index contributed by atoms with van der Waals surface area (Å²) >= 11 is 0. The van der Waals surface area contributed by atoms with Crippen LogP contribution < -0.4 is 103 Å². The molecule has 0 radical (unpaired) electrons. The third-order valence-corrected chi connectivity index (χ3v) is 0. The monoisotopic (exact) mass is 122 g/mol.